The van der Waals surface area contributed by atoms with Gasteiger partial charge in [-0.25, -0.2) is 0 Å². The second kappa shape index (κ2) is 6.15. The van der Waals surface area contributed by atoms with Crippen molar-refractivity contribution < 1.29 is 9.84 Å². The van der Waals surface area contributed by atoms with Crippen LogP contribution in [0.15, 0.2) is 24.3 Å². The van der Waals surface area contributed by atoms with Crippen molar-refractivity contribution in [2.75, 3.05) is 26.8 Å². The van der Waals surface area contributed by atoms with Gasteiger partial charge in [-0.05, 0) is 36.9 Å². The summed E-state index contributed by atoms with van der Waals surface area (Å²) in [6, 6.07) is 8.36. The van der Waals surface area contributed by atoms with Crippen LogP contribution in [-0.4, -0.2) is 31.9 Å². The molecule has 0 spiro atoms. The molecule has 1 aromatic carbocycles. The lowest BCUT2D eigenvalue weighted by atomic mass is 9.91. The minimum absolute atomic E-state index is 0.413. The highest BCUT2D eigenvalue weighted by Gasteiger charge is 2.16. The molecule has 3 nitrogen and oxygen atoms in total. The van der Waals surface area contributed by atoms with Crippen molar-refractivity contribution in [1.29, 1.82) is 0 Å². The topological polar surface area (TPSA) is 41.5 Å². The summed E-state index contributed by atoms with van der Waals surface area (Å²) in [6.45, 7) is 2.33. The van der Waals surface area contributed by atoms with Crippen LogP contribution in [-0.2, 0) is 4.74 Å². The Morgan fingerprint density at radius 2 is 1.94 bits per heavy atom. The quantitative estimate of drug-likeness (QED) is 0.836. The van der Waals surface area contributed by atoms with Crippen LogP contribution in [0.25, 0.3) is 0 Å². The minimum atomic E-state index is -0.413. The third-order valence-electron chi connectivity index (χ3n) is 3.41. The first-order valence-electron chi connectivity index (χ1n) is 6.31. The molecule has 0 saturated carbocycles. The van der Waals surface area contributed by atoms with Gasteiger partial charge in [0.15, 0.2) is 0 Å². The van der Waals surface area contributed by atoms with Gasteiger partial charge in [0.05, 0.1) is 6.10 Å². The maximum absolute atomic E-state index is 9.84. The first-order chi connectivity index (χ1) is 8.31. The largest absolute Gasteiger partial charge is 0.387 e. The highest BCUT2D eigenvalue weighted by Crippen LogP contribution is 2.27. The van der Waals surface area contributed by atoms with E-state index in [0.29, 0.717) is 12.5 Å². The Balaban J connectivity index is 2.01. The zero-order valence-electron chi connectivity index (χ0n) is 10.4. The van der Waals surface area contributed by atoms with Crippen molar-refractivity contribution in [3.05, 3.63) is 35.4 Å². The van der Waals surface area contributed by atoms with Crippen molar-refractivity contribution in [3.8, 4) is 0 Å². The van der Waals surface area contributed by atoms with Gasteiger partial charge in [0.25, 0.3) is 0 Å². The summed E-state index contributed by atoms with van der Waals surface area (Å²) < 4.78 is 5.37. The van der Waals surface area contributed by atoms with E-state index in [0.717, 1.165) is 31.6 Å². The van der Waals surface area contributed by atoms with Gasteiger partial charge < -0.3 is 15.2 Å². The van der Waals surface area contributed by atoms with Crippen molar-refractivity contribution in [3.63, 3.8) is 0 Å². The van der Waals surface area contributed by atoms with E-state index in [1.54, 1.807) is 0 Å². The fourth-order valence-corrected chi connectivity index (χ4v) is 2.33. The number of ether oxygens (including phenoxy) is 1. The van der Waals surface area contributed by atoms with Crippen LogP contribution < -0.4 is 5.32 Å². The van der Waals surface area contributed by atoms with Gasteiger partial charge in [0, 0.05) is 19.8 Å². The maximum Gasteiger partial charge on any atom is 0.0914 e. The van der Waals surface area contributed by atoms with Crippen molar-refractivity contribution >= 4 is 0 Å². The molecule has 94 valence electrons. The molecule has 1 unspecified atom stereocenters. The van der Waals surface area contributed by atoms with E-state index in [2.05, 4.69) is 17.4 Å². The van der Waals surface area contributed by atoms with Crippen LogP contribution in [0.5, 0.6) is 0 Å². The van der Waals surface area contributed by atoms with E-state index in [-0.39, 0.29) is 0 Å². The number of aliphatic hydroxyl groups excluding tert-OH is 1. The first-order valence-corrected chi connectivity index (χ1v) is 6.31. The molecule has 1 saturated heterocycles. The summed E-state index contributed by atoms with van der Waals surface area (Å²) in [4.78, 5) is 0. The molecule has 2 N–H and O–H groups in total. The standard InChI is InChI=1S/C14H21NO2/c1-15-10-14(16)13-4-2-11(3-5-13)12-6-8-17-9-7-12/h2-5,12,14-16H,6-10H2,1H3. The number of rotatable bonds is 4. The Morgan fingerprint density at radius 3 is 2.53 bits per heavy atom. The van der Waals surface area contributed by atoms with Crippen molar-refractivity contribution in [2.24, 2.45) is 0 Å². The van der Waals surface area contributed by atoms with Crippen LogP contribution in [0, 0.1) is 0 Å². The van der Waals surface area contributed by atoms with Gasteiger partial charge in [-0.15, -0.1) is 0 Å². The Morgan fingerprint density at radius 1 is 1.29 bits per heavy atom. The summed E-state index contributed by atoms with van der Waals surface area (Å²) in [5.41, 5.74) is 2.35. The third kappa shape index (κ3) is 3.28. The lowest BCUT2D eigenvalue weighted by molar-refractivity contribution is 0.0853. The lowest BCUT2D eigenvalue weighted by Crippen LogP contribution is -2.17. The second-order valence-electron chi connectivity index (χ2n) is 4.63. The van der Waals surface area contributed by atoms with Crippen molar-refractivity contribution in [2.45, 2.75) is 24.9 Å². The SMILES string of the molecule is CNCC(O)c1ccc(C2CCOCC2)cc1. The first kappa shape index (κ1) is 12.6. The molecular formula is C14H21NO2. The predicted octanol–water partition coefficient (Wildman–Crippen LogP) is 1.83. The summed E-state index contributed by atoms with van der Waals surface area (Å²) >= 11 is 0. The predicted molar refractivity (Wildman–Crippen MR) is 68.1 cm³/mol. The highest BCUT2D eigenvalue weighted by molar-refractivity contribution is 5.27. The fraction of sp³-hybridized carbons (Fsp3) is 0.571. The van der Waals surface area contributed by atoms with Gasteiger partial charge in [0.1, 0.15) is 0 Å². The van der Waals surface area contributed by atoms with Gasteiger partial charge in [-0.3, -0.25) is 0 Å². The van der Waals surface area contributed by atoms with E-state index in [1.807, 2.05) is 19.2 Å². The summed E-state index contributed by atoms with van der Waals surface area (Å²) in [5, 5.41) is 12.8. The summed E-state index contributed by atoms with van der Waals surface area (Å²) in [5.74, 6) is 0.624. The lowest BCUT2D eigenvalue weighted by Gasteiger charge is -2.22. The minimum Gasteiger partial charge on any atom is -0.387 e. The van der Waals surface area contributed by atoms with Crippen LogP contribution >= 0.6 is 0 Å². The van der Waals surface area contributed by atoms with E-state index >= 15 is 0 Å². The van der Waals surface area contributed by atoms with Crippen LogP contribution in [0.4, 0.5) is 0 Å². The highest BCUT2D eigenvalue weighted by atomic mass is 16.5. The van der Waals surface area contributed by atoms with Crippen LogP contribution in [0.1, 0.15) is 36.0 Å². The van der Waals surface area contributed by atoms with Gasteiger partial charge >= 0.3 is 0 Å². The Bertz CT molecular complexity index is 331. The molecular weight excluding hydrogens is 214 g/mol. The molecule has 2 rings (SSSR count). The molecule has 0 aliphatic carbocycles. The molecule has 1 aliphatic heterocycles. The average Bonchev–Trinajstić information content (AvgIpc) is 2.40. The molecule has 0 bridgehead atoms. The van der Waals surface area contributed by atoms with Gasteiger partial charge in [-0.2, -0.15) is 0 Å². The summed E-state index contributed by atoms with van der Waals surface area (Å²) in [6.07, 6.45) is 1.81. The number of likely N-dealkylation sites (N-methyl/N-ethyl adjacent to an activating group) is 1. The van der Waals surface area contributed by atoms with Gasteiger partial charge in [-0.1, -0.05) is 24.3 Å². The number of aliphatic hydroxyl groups is 1. The number of hydrogen-bond acceptors (Lipinski definition) is 3. The van der Waals surface area contributed by atoms with E-state index in [1.165, 1.54) is 5.56 Å². The van der Waals surface area contributed by atoms with Gasteiger partial charge in [0.2, 0.25) is 0 Å². The normalized spacial score (nSPS) is 19.2. The molecule has 0 aromatic heterocycles. The van der Waals surface area contributed by atoms with Crippen LogP contribution in [0.2, 0.25) is 0 Å². The molecule has 0 amide bonds. The summed E-state index contributed by atoms with van der Waals surface area (Å²) in [7, 11) is 1.85. The molecule has 1 aliphatic rings. The smallest absolute Gasteiger partial charge is 0.0914 e. The third-order valence-corrected chi connectivity index (χ3v) is 3.41. The zero-order valence-corrected chi connectivity index (χ0v) is 10.4. The number of hydrogen-bond donors (Lipinski definition) is 2. The molecule has 3 heteroatoms. The monoisotopic (exact) mass is 235 g/mol. The van der Waals surface area contributed by atoms with E-state index in [4.69, 9.17) is 4.74 Å². The Labute approximate surface area is 103 Å². The van der Waals surface area contributed by atoms with E-state index in [9.17, 15) is 5.11 Å². The van der Waals surface area contributed by atoms with E-state index < -0.39 is 6.10 Å². The number of benzene rings is 1. The molecule has 1 fully saturated rings. The molecule has 1 heterocycles. The fourth-order valence-electron chi connectivity index (χ4n) is 2.33. The average molecular weight is 235 g/mol. The molecule has 17 heavy (non-hydrogen) atoms. The Hall–Kier alpha value is -0.900. The molecule has 1 aromatic rings. The second-order valence-corrected chi connectivity index (χ2v) is 4.63. The molecule has 0 radical (unpaired) electrons. The van der Waals surface area contributed by atoms with Crippen LogP contribution in [0.3, 0.4) is 0 Å². The zero-order chi connectivity index (χ0) is 12.1. The maximum atomic E-state index is 9.84. The number of nitrogens with one attached hydrogen (secondary N) is 1. The van der Waals surface area contributed by atoms with Crippen molar-refractivity contribution in [1.82, 2.24) is 5.32 Å². The Kier molecular flexibility index (Phi) is 4.54. The molecule has 1 atom stereocenters.